The number of nitrogens with zero attached hydrogens (tertiary/aromatic N) is 2. The first-order chi connectivity index (χ1) is 7.60. The number of amidine groups is 1. The van der Waals surface area contributed by atoms with E-state index in [1.54, 1.807) is 0 Å². The number of thioether (sulfide) groups is 1. The fourth-order valence-corrected chi connectivity index (χ4v) is 2.56. The van der Waals surface area contributed by atoms with Crippen LogP contribution in [0.3, 0.4) is 0 Å². The third-order valence-corrected chi connectivity index (χ3v) is 3.37. The molecule has 2 amide bonds. The number of likely N-dealkylation sites (tertiary alicyclic amines) is 1. The molecular weight excluding hydrogens is 226 g/mol. The lowest BCUT2D eigenvalue weighted by Crippen LogP contribution is -2.29. The van der Waals surface area contributed by atoms with Crippen LogP contribution in [0, 0.1) is 0 Å². The average Bonchev–Trinajstić information content (AvgIpc) is 2.47. The largest absolute Gasteiger partial charge is 0.365 e. The Bertz CT molecular complexity index is 317. The maximum Gasteiger partial charge on any atom is 0.243 e. The van der Waals surface area contributed by atoms with Gasteiger partial charge < -0.3 is 5.32 Å². The number of nitrogens with one attached hydrogen (secondary N) is 1. The number of carbonyl (C=O) groups excluding carboxylic acids is 2. The van der Waals surface area contributed by atoms with Crippen molar-refractivity contribution in [3.63, 3.8) is 0 Å². The van der Waals surface area contributed by atoms with Gasteiger partial charge >= 0.3 is 0 Å². The first-order valence-corrected chi connectivity index (χ1v) is 6.23. The Balaban J connectivity index is 2.63. The molecule has 1 atom stereocenters. The number of carbonyl (C=O) groups is 2. The minimum Gasteiger partial charge on any atom is -0.365 e. The monoisotopic (exact) mass is 243 g/mol. The van der Waals surface area contributed by atoms with Crippen LogP contribution in [-0.4, -0.2) is 47.3 Å². The number of imide groups is 1. The van der Waals surface area contributed by atoms with Crippen molar-refractivity contribution < 1.29 is 9.59 Å². The molecule has 0 unspecified atom stereocenters. The normalized spacial score (nSPS) is 21.8. The molecule has 6 heteroatoms. The summed E-state index contributed by atoms with van der Waals surface area (Å²) in [6.45, 7) is 5.34. The van der Waals surface area contributed by atoms with E-state index in [1.165, 1.54) is 23.7 Å². The molecule has 1 aliphatic rings. The van der Waals surface area contributed by atoms with Gasteiger partial charge in [-0.05, 0) is 13.8 Å². The first kappa shape index (κ1) is 13.0. The Morgan fingerprint density at radius 2 is 2.25 bits per heavy atom. The molecule has 1 rings (SSSR count). The Kier molecular flexibility index (Phi) is 4.79. The van der Waals surface area contributed by atoms with Gasteiger partial charge in [0.05, 0.1) is 0 Å². The van der Waals surface area contributed by atoms with Crippen LogP contribution in [0.5, 0.6) is 0 Å². The summed E-state index contributed by atoms with van der Waals surface area (Å²) in [5.41, 5.74) is 0. The second-order valence-electron chi connectivity index (χ2n) is 3.41. The molecule has 1 fully saturated rings. The van der Waals surface area contributed by atoms with Crippen molar-refractivity contribution in [2.24, 2.45) is 4.99 Å². The van der Waals surface area contributed by atoms with Crippen molar-refractivity contribution >= 4 is 28.7 Å². The summed E-state index contributed by atoms with van der Waals surface area (Å²) in [7, 11) is 1.52. The number of hydrogen-bond acceptors (Lipinski definition) is 4. The van der Waals surface area contributed by atoms with E-state index in [0.717, 1.165) is 11.7 Å². The van der Waals surface area contributed by atoms with Crippen LogP contribution < -0.4 is 5.32 Å². The molecule has 0 bridgehead atoms. The minimum atomic E-state index is -0.318. The van der Waals surface area contributed by atoms with Crippen molar-refractivity contribution in [1.29, 1.82) is 0 Å². The smallest absolute Gasteiger partial charge is 0.243 e. The second-order valence-corrected chi connectivity index (χ2v) is 4.60. The molecule has 0 aromatic rings. The summed E-state index contributed by atoms with van der Waals surface area (Å²) in [6.07, 6.45) is 0.272. The third-order valence-electron chi connectivity index (χ3n) is 2.22. The zero-order valence-corrected chi connectivity index (χ0v) is 10.6. The maximum absolute atomic E-state index is 11.7. The van der Waals surface area contributed by atoms with Gasteiger partial charge in [0.25, 0.3) is 0 Å². The van der Waals surface area contributed by atoms with Gasteiger partial charge in [-0.15, -0.1) is 0 Å². The molecular formula is C10H17N3O2S. The van der Waals surface area contributed by atoms with Gasteiger partial charge in [-0.2, -0.15) is 0 Å². The summed E-state index contributed by atoms with van der Waals surface area (Å²) in [6, 6.07) is 0. The molecule has 0 aromatic heterocycles. The highest BCUT2D eigenvalue weighted by Crippen LogP contribution is 2.24. The van der Waals surface area contributed by atoms with Crippen molar-refractivity contribution in [3.8, 4) is 0 Å². The number of aliphatic imine (C=N–C) groups is 1. The van der Waals surface area contributed by atoms with Crippen LogP contribution in [0.2, 0.25) is 0 Å². The number of rotatable bonds is 3. The number of amides is 2. The lowest BCUT2D eigenvalue weighted by molar-refractivity contribution is -0.136. The quantitative estimate of drug-likeness (QED) is 0.444. The third kappa shape index (κ3) is 2.98. The van der Waals surface area contributed by atoms with E-state index < -0.39 is 0 Å². The van der Waals surface area contributed by atoms with E-state index in [1.807, 2.05) is 13.8 Å². The van der Waals surface area contributed by atoms with Gasteiger partial charge in [-0.25, -0.2) is 0 Å². The van der Waals surface area contributed by atoms with Gasteiger partial charge in [0.1, 0.15) is 5.25 Å². The lowest BCUT2D eigenvalue weighted by atomic mass is 10.4. The highest BCUT2D eigenvalue weighted by atomic mass is 32.2. The molecule has 0 aliphatic carbocycles. The SMILES string of the molecule is CCN=C(NCC)S[C@H]1CC(=O)N(C)C1=O. The molecule has 1 heterocycles. The van der Waals surface area contributed by atoms with Crippen LogP contribution in [0.25, 0.3) is 0 Å². The van der Waals surface area contributed by atoms with Crippen LogP contribution in [-0.2, 0) is 9.59 Å². The average molecular weight is 243 g/mol. The highest BCUT2D eigenvalue weighted by molar-refractivity contribution is 8.15. The molecule has 0 spiro atoms. The Labute approximate surface area is 99.7 Å². The van der Waals surface area contributed by atoms with Crippen molar-refractivity contribution in [2.75, 3.05) is 20.1 Å². The summed E-state index contributed by atoms with van der Waals surface area (Å²) >= 11 is 1.34. The summed E-state index contributed by atoms with van der Waals surface area (Å²) in [5, 5.41) is 3.52. The van der Waals surface area contributed by atoms with Gasteiger partial charge in [0.15, 0.2) is 5.17 Å². The van der Waals surface area contributed by atoms with Gasteiger partial charge in [0.2, 0.25) is 11.8 Å². The van der Waals surface area contributed by atoms with E-state index in [2.05, 4.69) is 10.3 Å². The summed E-state index contributed by atoms with van der Waals surface area (Å²) in [4.78, 5) is 28.4. The molecule has 16 heavy (non-hydrogen) atoms. The van der Waals surface area contributed by atoms with Crippen LogP contribution >= 0.6 is 11.8 Å². The Morgan fingerprint density at radius 1 is 1.56 bits per heavy atom. The van der Waals surface area contributed by atoms with Crippen molar-refractivity contribution in [1.82, 2.24) is 10.2 Å². The number of hydrogen-bond donors (Lipinski definition) is 1. The minimum absolute atomic E-state index is 0.116. The highest BCUT2D eigenvalue weighted by Gasteiger charge is 2.37. The lowest BCUT2D eigenvalue weighted by Gasteiger charge is -2.11. The predicted octanol–water partition coefficient (Wildman–Crippen LogP) is 0.462. The van der Waals surface area contributed by atoms with E-state index in [-0.39, 0.29) is 23.5 Å². The van der Waals surface area contributed by atoms with E-state index in [4.69, 9.17) is 0 Å². The second kappa shape index (κ2) is 5.89. The zero-order valence-electron chi connectivity index (χ0n) is 9.82. The fourth-order valence-electron chi connectivity index (χ4n) is 1.38. The zero-order chi connectivity index (χ0) is 12.1. The first-order valence-electron chi connectivity index (χ1n) is 5.35. The molecule has 1 N–H and O–H groups in total. The van der Waals surface area contributed by atoms with Crippen molar-refractivity contribution in [3.05, 3.63) is 0 Å². The molecule has 1 saturated heterocycles. The summed E-state index contributed by atoms with van der Waals surface area (Å²) in [5.74, 6) is -0.244. The predicted molar refractivity (Wildman–Crippen MR) is 65.4 cm³/mol. The molecule has 1 aliphatic heterocycles. The fraction of sp³-hybridized carbons (Fsp3) is 0.700. The van der Waals surface area contributed by atoms with E-state index >= 15 is 0 Å². The van der Waals surface area contributed by atoms with Crippen LogP contribution in [0.15, 0.2) is 4.99 Å². The molecule has 5 nitrogen and oxygen atoms in total. The van der Waals surface area contributed by atoms with Gasteiger partial charge in [-0.3, -0.25) is 19.5 Å². The Hall–Kier alpha value is -1.04. The maximum atomic E-state index is 11.7. The topological polar surface area (TPSA) is 61.8 Å². The Morgan fingerprint density at radius 3 is 2.69 bits per heavy atom. The van der Waals surface area contributed by atoms with Gasteiger partial charge in [0, 0.05) is 26.6 Å². The molecule has 90 valence electrons. The summed E-state index contributed by atoms with van der Waals surface area (Å²) < 4.78 is 0. The van der Waals surface area contributed by atoms with E-state index in [9.17, 15) is 9.59 Å². The van der Waals surface area contributed by atoms with Crippen molar-refractivity contribution in [2.45, 2.75) is 25.5 Å². The van der Waals surface area contributed by atoms with Crippen LogP contribution in [0.4, 0.5) is 0 Å². The van der Waals surface area contributed by atoms with Gasteiger partial charge in [-0.1, -0.05) is 11.8 Å². The van der Waals surface area contributed by atoms with Crippen LogP contribution in [0.1, 0.15) is 20.3 Å². The van der Waals surface area contributed by atoms with E-state index in [0.29, 0.717) is 6.54 Å². The standard InChI is InChI=1S/C10H17N3O2S/c1-4-11-10(12-5-2)16-7-6-8(14)13(3)9(7)15/h7H,4-6H2,1-3H3,(H,11,12)/t7-/m0/s1. The molecule has 0 aromatic carbocycles. The molecule has 0 radical (unpaired) electrons. The molecule has 0 saturated carbocycles.